The molecule has 0 saturated heterocycles. The van der Waals surface area contributed by atoms with Crippen LogP contribution in [0.15, 0.2) is 35.5 Å². The van der Waals surface area contributed by atoms with E-state index in [1.165, 1.54) is 0 Å². The summed E-state index contributed by atoms with van der Waals surface area (Å²) in [7, 11) is 0. The quantitative estimate of drug-likeness (QED) is 0.670. The molecular formula is C16H16Cl2N2O2. The number of ether oxygens (including phenoxy) is 1. The minimum absolute atomic E-state index is 0.298. The van der Waals surface area contributed by atoms with Crippen molar-refractivity contribution >= 4 is 34.8 Å². The van der Waals surface area contributed by atoms with E-state index >= 15 is 0 Å². The van der Waals surface area contributed by atoms with Gasteiger partial charge in [-0.3, -0.25) is 4.79 Å². The average Bonchev–Trinajstić information content (AvgIpc) is 2.83. The van der Waals surface area contributed by atoms with E-state index in [1.54, 1.807) is 25.1 Å². The van der Waals surface area contributed by atoms with E-state index in [2.05, 4.69) is 22.7 Å². The van der Waals surface area contributed by atoms with Crippen molar-refractivity contribution in [1.82, 2.24) is 5.43 Å². The zero-order valence-electron chi connectivity index (χ0n) is 12.1. The molecule has 1 amide bonds. The molecule has 4 nitrogen and oxygen atoms in total. The van der Waals surface area contributed by atoms with Gasteiger partial charge in [-0.1, -0.05) is 35.4 Å². The maximum Gasteiger partial charge on any atom is 0.280 e. The van der Waals surface area contributed by atoms with Crippen LogP contribution in [-0.4, -0.2) is 17.7 Å². The van der Waals surface area contributed by atoms with E-state index < -0.39 is 6.10 Å². The van der Waals surface area contributed by atoms with Crippen LogP contribution in [0.2, 0.25) is 10.0 Å². The molecule has 0 bridgehead atoms. The Bertz CT molecular complexity index is 658. The topological polar surface area (TPSA) is 50.7 Å². The van der Waals surface area contributed by atoms with E-state index in [-0.39, 0.29) is 5.91 Å². The third kappa shape index (κ3) is 3.13. The van der Waals surface area contributed by atoms with Gasteiger partial charge in [0.1, 0.15) is 5.75 Å². The summed E-state index contributed by atoms with van der Waals surface area (Å²) in [5.74, 6) is 1.21. The van der Waals surface area contributed by atoms with Gasteiger partial charge in [0.15, 0.2) is 6.10 Å². The van der Waals surface area contributed by atoms with Gasteiger partial charge in [0.25, 0.3) is 5.91 Å². The van der Waals surface area contributed by atoms with Crippen LogP contribution in [0.4, 0.5) is 0 Å². The molecule has 22 heavy (non-hydrogen) atoms. The van der Waals surface area contributed by atoms with Gasteiger partial charge in [-0.15, -0.1) is 0 Å². The van der Waals surface area contributed by atoms with Crippen molar-refractivity contribution in [3.63, 3.8) is 0 Å². The molecule has 0 aromatic heterocycles. The van der Waals surface area contributed by atoms with Gasteiger partial charge in [-0.2, -0.15) is 5.10 Å². The number of rotatable bonds is 4. The summed E-state index contributed by atoms with van der Waals surface area (Å²) in [5, 5.41) is 5.11. The van der Waals surface area contributed by atoms with Crippen LogP contribution in [0.25, 0.3) is 0 Å². The second kappa shape index (κ2) is 6.31. The Morgan fingerprint density at radius 3 is 3.00 bits per heavy atom. The highest BCUT2D eigenvalue weighted by Gasteiger charge is 2.38. The Kier molecular flexibility index (Phi) is 4.41. The number of carbonyl (C=O) groups is 1. The van der Waals surface area contributed by atoms with Crippen molar-refractivity contribution in [2.24, 2.45) is 16.9 Å². The minimum atomic E-state index is -0.694. The number of fused-ring (bicyclic) bond motifs is 1. The second-order valence-corrected chi connectivity index (χ2v) is 6.40. The predicted molar refractivity (Wildman–Crippen MR) is 87.5 cm³/mol. The molecule has 1 saturated carbocycles. The molecule has 1 fully saturated rings. The molecule has 1 N–H and O–H groups in total. The number of hydrogen-bond donors (Lipinski definition) is 1. The fraction of sp³-hybridized carbons (Fsp3) is 0.375. The number of carbonyl (C=O) groups excluding carboxylic acids is 1. The summed E-state index contributed by atoms with van der Waals surface area (Å²) < 4.78 is 5.55. The van der Waals surface area contributed by atoms with E-state index in [1.807, 2.05) is 0 Å². The number of halogens is 2. The molecule has 3 rings (SSSR count). The molecule has 2 aliphatic carbocycles. The van der Waals surface area contributed by atoms with E-state index in [0.717, 1.165) is 18.6 Å². The first kappa shape index (κ1) is 15.4. The van der Waals surface area contributed by atoms with Crippen LogP contribution < -0.4 is 10.2 Å². The molecule has 1 aromatic rings. The van der Waals surface area contributed by atoms with E-state index in [4.69, 9.17) is 27.9 Å². The minimum Gasteiger partial charge on any atom is -0.479 e. The zero-order chi connectivity index (χ0) is 15.7. The van der Waals surface area contributed by atoms with Gasteiger partial charge in [-0.25, -0.2) is 5.43 Å². The number of nitrogens with zero attached hydrogens (tertiary/aromatic N) is 1. The van der Waals surface area contributed by atoms with Crippen molar-refractivity contribution in [2.45, 2.75) is 25.9 Å². The summed E-state index contributed by atoms with van der Waals surface area (Å²) in [6.07, 6.45) is 5.65. The van der Waals surface area contributed by atoms with Crippen LogP contribution in [0, 0.1) is 11.8 Å². The number of hydrazone groups is 1. The highest BCUT2D eigenvalue weighted by Crippen LogP contribution is 2.40. The van der Waals surface area contributed by atoms with Crippen molar-refractivity contribution in [3.05, 3.63) is 40.4 Å². The largest absolute Gasteiger partial charge is 0.479 e. The first-order valence-electron chi connectivity index (χ1n) is 7.19. The summed E-state index contributed by atoms with van der Waals surface area (Å²) >= 11 is 11.8. The van der Waals surface area contributed by atoms with Gasteiger partial charge in [0, 0.05) is 16.7 Å². The highest BCUT2D eigenvalue weighted by molar-refractivity contribution is 6.35. The summed E-state index contributed by atoms with van der Waals surface area (Å²) in [4.78, 5) is 12.0. The summed E-state index contributed by atoms with van der Waals surface area (Å²) in [6, 6.07) is 4.88. The van der Waals surface area contributed by atoms with Crippen molar-refractivity contribution in [2.75, 3.05) is 0 Å². The SMILES string of the molecule is C[C@H](Oc1ccc(Cl)cc1Cl)C(=O)N/N=C1\C[C@H]2C=CC[C@@H]12. The Morgan fingerprint density at radius 1 is 1.45 bits per heavy atom. The monoisotopic (exact) mass is 338 g/mol. The molecule has 0 aliphatic heterocycles. The average molecular weight is 339 g/mol. The number of amides is 1. The van der Waals surface area contributed by atoms with Crippen LogP contribution in [0.1, 0.15) is 19.8 Å². The second-order valence-electron chi connectivity index (χ2n) is 5.55. The van der Waals surface area contributed by atoms with Crippen LogP contribution in [-0.2, 0) is 4.79 Å². The lowest BCUT2D eigenvalue weighted by molar-refractivity contribution is -0.127. The highest BCUT2D eigenvalue weighted by atomic mass is 35.5. The van der Waals surface area contributed by atoms with Crippen LogP contribution in [0.3, 0.4) is 0 Å². The summed E-state index contributed by atoms with van der Waals surface area (Å²) in [6.45, 7) is 1.65. The third-order valence-corrected chi connectivity index (χ3v) is 4.57. The number of nitrogens with one attached hydrogen (secondary N) is 1. The Balaban J connectivity index is 1.55. The Labute approximate surface area is 139 Å². The van der Waals surface area contributed by atoms with Crippen molar-refractivity contribution in [3.8, 4) is 5.75 Å². The molecule has 6 heteroatoms. The smallest absolute Gasteiger partial charge is 0.280 e. The van der Waals surface area contributed by atoms with Gasteiger partial charge in [0.05, 0.1) is 5.02 Å². The molecule has 0 heterocycles. The van der Waals surface area contributed by atoms with E-state index in [0.29, 0.717) is 27.6 Å². The maximum atomic E-state index is 12.0. The third-order valence-electron chi connectivity index (χ3n) is 4.04. The fourth-order valence-electron chi connectivity index (χ4n) is 2.70. The fourth-order valence-corrected chi connectivity index (χ4v) is 3.15. The number of allylic oxidation sites excluding steroid dienone is 2. The standard InChI is InChI=1S/C16H16Cl2N2O2/c1-9(22-15-6-5-11(17)8-13(15)18)16(21)20-19-14-7-10-3-2-4-12(10)14/h2-3,5-6,8-10,12H,4,7H2,1H3,(H,20,21)/b19-14+/t9-,10+,12+/m0/s1. The predicted octanol–water partition coefficient (Wildman–Crippen LogP) is 3.83. The van der Waals surface area contributed by atoms with Gasteiger partial charge < -0.3 is 4.74 Å². The van der Waals surface area contributed by atoms with Gasteiger partial charge >= 0.3 is 0 Å². The normalized spacial score (nSPS) is 25.5. The molecule has 0 spiro atoms. The molecule has 0 unspecified atom stereocenters. The summed E-state index contributed by atoms with van der Waals surface area (Å²) in [5.41, 5.74) is 3.63. The lowest BCUT2D eigenvalue weighted by Crippen LogP contribution is -2.38. The zero-order valence-corrected chi connectivity index (χ0v) is 13.6. The lowest BCUT2D eigenvalue weighted by Gasteiger charge is -2.31. The van der Waals surface area contributed by atoms with Crippen LogP contribution >= 0.6 is 23.2 Å². The Hall–Kier alpha value is -1.52. The lowest BCUT2D eigenvalue weighted by atomic mass is 9.74. The number of hydrogen-bond acceptors (Lipinski definition) is 3. The molecule has 116 valence electrons. The van der Waals surface area contributed by atoms with Crippen molar-refractivity contribution in [1.29, 1.82) is 0 Å². The van der Waals surface area contributed by atoms with E-state index in [9.17, 15) is 4.79 Å². The van der Waals surface area contributed by atoms with Gasteiger partial charge in [0.2, 0.25) is 0 Å². The molecule has 2 aliphatic rings. The maximum absolute atomic E-state index is 12.0. The van der Waals surface area contributed by atoms with Crippen LogP contribution in [0.5, 0.6) is 5.75 Å². The van der Waals surface area contributed by atoms with Gasteiger partial charge in [-0.05, 0) is 43.9 Å². The molecule has 0 radical (unpaired) electrons. The van der Waals surface area contributed by atoms with Crippen molar-refractivity contribution < 1.29 is 9.53 Å². The first-order chi connectivity index (χ1) is 10.5. The Morgan fingerprint density at radius 2 is 2.27 bits per heavy atom. The molecule has 3 atom stereocenters. The number of benzene rings is 1. The molecule has 1 aromatic carbocycles. The first-order valence-corrected chi connectivity index (χ1v) is 7.95. The molecular weight excluding hydrogens is 323 g/mol.